The van der Waals surface area contributed by atoms with Gasteiger partial charge in [0.05, 0.1) is 32.8 Å². The van der Waals surface area contributed by atoms with Gasteiger partial charge in [-0.2, -0.15) is 0 Å². The summed E-state index contributed by atoms with van der Waals surface area (Å²) in [6.45, 7) is 2.06. The van der Waals surface area contributed by atoms with E-state index in [-0.39, 0.29) is 17.7 Å². The van der Waals surface area contributed by atoms with Crippen molar-refractivity contribution in [2.24, 2.45) is 11.8 Å². The Kier molecular flexibility index (Phi) is 6.19. The van der Waals surface area contributed by atoms with Crippen molar-refractivity contribution in [3.8, 4) is 11.5 Å². The molecule has 3 rings (SSSR count). The number of halogens is 1. The third-order valence-corrected chi connectivity index (χ3v) is 5.24. The van der Waals surface area contributed by atoms with Crippen molar-refractivity contribution < 1.29 is 28.5 Å². The number of aliphatic hydroxyl groups excluding tert-OH is 1. The predicted molar refractivity (Wildman–Crippen MR) is 102 cm³/mol. The fourth-order valence-corrected chi connectivity index (χ4v) is 3.34. The zero-order chi connectivity index (χ0) is 20.3. The normalized spacial score (nSPS) is 20.2. The monoisotopic (exact) mass is 388 g/mol. The summed E-state index contributed by atoms with van der Waals surface area (Å²) in [5.41, 5.74) is 1.24. The van der Waals surface area contributed by atoms with Crippen molar-refractivity contribution in [1.29, 1.82) is 0 Å². The van der Waals surface area contributed by atoms with Crippen LogP contribution in [0.3, 0.4) is 0 Å². The van der Waals surface area contributed by atoms with Crippen LogP contribution in [0.15, 0.2) is 42.5 Å². The highest BCUT2D eigenvalue weighted by Gasteiger charge is 2.40. The summed E-state index contributed by atoms with van der Waals surface area (Å²) in [7, 11) is 2.86. The minimum atomic E-state index is -0.976. The van der Waals surface area contributed by atoms with Gasteiger partial charge in [-0.15, -0.1) is 0 Å². The molecule has 0 aliphatic heterocycles. The number of carbonyl (C=O) groups excluding carboxylic acids is 1. The molecular formula is C22H25FO5. The molecule has 4 atom stereocenters. The Balaban J connectivity index is 1.60. The molecule has 1 fully saturated rings. The first kappa shape index (κ1) is 20.1. The maximum Gasteiger partial charge on any atom is 0.311 e. The van der Waals surface area contributed by atoms with Gasteiger partial charge in [-0.25, -0.2) is 4.39 Å². The van der Waals surface area contributed by atoms with E-state index in [1.165, 1.54) is 13.2 Å². The number of hydrogen-bond acceptors (Lipinski definition) is 5. The Labute approximate surface area is 164 Å². The van der Waals surface area contributed by atoms with Crippen molar-refractivity contribution >= 4 is 5.97 Å². The van der Waals surface area contributed by atoms with Crippen LogP contribution >= 0.6 is 0 Å². The smallest absolute Gasteiger partial charge is 0.311 e. The Bertz CT molecular complexity index is 837. The van der Waals surface area contributed by atoms with Crippen LogP contribution in [0.5, 0.6) is 11.5 Å². The van der Waals surface area contributed by atoms with Crippen molar-refractivity contribution in [2.75, 3.05) is 20.8 Å². The van der Waals surface area contributed by atoms with Gasteiger partial charge in [0.15, 0.2) is 0 Å². The number of carbonyl (C=O) groups is 1. The van der Waals surface area contributed by atoms with E-state index < -0.39 is 18.0 Å². The Morgan fingerprint density at radius 2 is 2.00 bits per heavy atom. The van der Waals surface area contributed by atoms with Gasteiger partial charge in [0, 0.05) is 5.92 Å². The van der Waals surface area contributed by atoms with E-state index in [0.29, 0.717) is 29.2 Å². The van der Waals surface area contributed by atoms with Crippen LogP contribution in [0, 0.1) is 17.7 Å². The molecule has 2 unspecified atom stereocenters. The molecule has 0 aromatic heterocycles. The molecule has 1 N–H and O–H groups in total. The Hall–Kier alpha value is -2.60. The lowest BCUT2D eigenvalue weighted by Crippen LogP contribution is -2.20. The number of ether oxygens (including phenoxy) is 3. The molecule has 1 aliphatic rings. The largest absolute Gasteiger partial charge is 0.497 e. The molecule has 2 aromatic rings. The van der Waals surface area contributed by atoms with Crippen molar-refractivity contribution in [3.05, 3.63) is 59.4 Å². The van der Waals surface area contributed by atoms with Crippen molar-refractivity contribution in [2.45, 2.75) is 25.4 Å². The second-order valence-electron chi connectivity index (χ2n) is 7.13. The van der Waals surface area contributed by atoms with Gasteiger partial charge in [0.25, 0.3) is 0 Å². The quantitative estimate of drug-likeness (QED) is 0.696. The van der Waals surface area contributed by atoms with E-state index in [4.69, 9.17) is 9.47 Å². The SMILES string of the molecule is COC(=O)[C@@H](C)[C@@H](O)c1cccc(OCC2CC2c2cc(OC)ccc2F)c1. The molecule has 0 bridgehead atoms. The first-order chi connectivity index (χ1) is 13.4. The molecule has 2 aromatic carbocycles. The number of methoxy groups -OCH3 is 2. The highest BCUT2D eigenvalue weighted by Crippen LogP contribution is 2.49. The topological polar surface area (TPSA) is 65.0 Å². The molecular weight excluding hydrogens is 363 g/mol. The van der Waals surface area contributed by atoms with Gasteiger partial charge in [-0.1, -0.05) is 12.1 Å². The number of benzene rings is 2. The highest BCUT2D eigenvalue weighted by molar-refractivity contribution is 5.72. The summed E-state index contributed by atoms with van der Waals surface area (Å²) < 4.78 is 29.8. The van der Waals surface area contributed by atoms with Gasteiger partial charge < -0.3 is 19.3 Å². The summed E-state index contributed by atoms with van der Waals surface area (Å²) in [4.78, 5) is 11.6. The molecule has 0 heterocycles. The Morgan fingerprint density at radius 1 is 1.21 bits per heavy atom. The van der Waals surface area contributed by atoms with Crippen LogP contribution in [0.25, 0.3) is 0 Å². The minimum absolute atomic E-state index is 0.114. The second-order valence-corrected chi connectivity index (χ2v) is 7.13. The van der Waals surface area contributed by atoms with E-state index in [2.05, 4.69) is 4.74 Å². The first-order valence-corrected chi connectivity index (χ1v) is 9.26. The lowest BCUT2D eigenvalue weighted by Gasteiger charge is -2.17. The average molecular weight is 388 g/mol. The summed E-state index contributed by atoms with van der Waals surface area (Å²) in [5.74, 6) is 0.210. The number of esters is 1. The zero-order valence-corrected chi connectivity index (χ0v) is 16.2. The van der Waals surface area contributed by atoms with Gasteiger partial charge in [-0.3, -0.25) is 4.79 Å². The maximum atomic E-state index is 14.1. The van der Waals surface area contributed by atoms with E-state index in [1.54, 1.807) is 50.4 Å². The van der Waals surface area contributed by atoms with E-state index in [9.17, 15) is 14.3 Å². The van der Waals surface area contributed by atoms with Crippen molar-refractivity contribution in [1.82, 2.24) is 0 Å². The van der Waals surface area contributed by atoms with Crippen LogP contribution in [-0.4, -0.2) is 31.9 Å². The fraction of sp³-hybridized carbons (Fsp3) is 0.409. The molecule has 0 spiro atoms. The summed E-state index contributed by atoms with van der Waals surface area (Å²) >= 11 is 0. The third-order valence-electron chi connectivity index (χ3n) is 5.24. The lowest BCUT2D eigenvalue weighted by molar-refractivity contribution is -0.148. The van der Waals surface area contributed by atoms with Crippen molar-refractivity contribution in [3.63, 3.8) is 0 Å². The molecule has 28 heavy (non-hydrogen) atoms. The van der Waals surface area contributed by atoms with E-state index >= 15 is 0 Å². The fourth-order valence-electron chi connectivity index (χ4n) is 3.34. The molecule has 0 radical (unpaired) electrons. The molecule has 150 valence electrons. The van der Waals surface area contributed by atoms with Gasteiger partial charge >= 0.3 is 5.97 Å². The minimum Gasteiger partial charge on any atom is -0.497 e. The van der Waals surface area contributed by atoms with Crippen LogP contribution in [-0.2, 0) is 9.53 Å². The summed E-state index contributed by atoms with van der Waals surface area (Å²) in [5, 5.41) is 10.4. The first-order valence-electron chi connectivity index (χ1n) is 9.26. The van der Waals surface area contributed by atoms with E-state index in [0.717, 1.165) is 6.42 Å². The predicted octanol–water partition coefficient (Wildman–Crippen LogP) is 3.86. The van der Waals surface area contributed by atoms with Gasteiger partial charge in [0.2, 0.25) is 0 Å². The maximum absolute atomic E-state index is 14.1. The van der Waals surface area contributed by atoms with Gasteiger partial charge in [-0.05, 0) is 60.7 Å². The lowest BCUT2D eigenvalue weighted by atomic mass is 9.97. The summed E-state index contributed by atoms with van der Waals surface area (Å²) in [6, 6.07) is 11.8. The molecule has 0 amide bonds. The highest BCUT2D eigenvalue weighted by atomic mass is 19.1. The third kappa shape index (κ3) is 4.44. The molecule has 0 saturated heterocycles. The average Bonchev–Trinajstić information content (AvgIpc) is 3.50. The van der Waals surface area contributed by atoms with Crippen LogP contribution in [0.2, 0.25) is 0 Å². The Morgan fingerprint density at radius 3 is 2.71 bits per heavy atom. The van der Waals surface area contributed by atoms with E-state index in [1.807, 2.05) is 0 Å². The zero-order valence-electron chi connectivity index (χ0n) is 16.2. The number of hydrogen-bond donors (Lipinski definition) is 1. The van der Waals surface area contributed by atoms with Crippen LogP contribution in [0.4, 0.5) is 4.39 Å². The van der Waals surface area contributed by atoms with Gasteiger partial charge in [0.1, 0.15) is 17.3 Å². The second kappa shape index (κ2) is 8.61. The molecule has 6 heteroatoms. The summed E-state index contributed by atoms with van der Waals surface area (Å²) in [6.07, 6.45) is -0.123. The van der Waals surface area contributed by atoms with Crippen LogP contribution in [0.1, 0.15) is 36.5 Å². The molecule has 1 saturated carbocycles. The van der Waals surface area contributed by atoms with Crippen LogP contribution < -0.4 is 9.47 Å². The molecule has 1 aliphatic carbocycles. The number of aliphatic hydroxyl groups is 1. The standard InChI is InChI=1S/C22H25FO5/c1-13(22(25)27-3)21(24)14-5-4-6-17(9-14)28-12-15-10-18(15)19-11-16(26-2)7-8-20(19)23/h4-9,11,13,15,18,21,24H,10,12H2,1-3H3/t13-,15?,18?,21+/m0/s1. The number of rotatable bonds is 8. The molecule has 5 nitrogen and oxygen atoms in total.